The van der Waals surface area contributed by atoms with E-state index >= 15 is 0 Å². The van der Waals surface area contributed by atoms with Crippen molar-refractivity contribution in [1.29, 1.82) is 0 Å². The van der Waals surface area contributed by atoms with Gasteiger partial charge in [0.15, 0.2) is 0 Å². The second-order valence-corrected chi connectivity index (χ2v) is 7.35. The second kappa shape index (κ2) is 5.80. The van der Waals surface area contributed by atoms with Crippen LogP contribution in [0.25, 0.3) is 0 Å². The maximum Gasteiger partial charge on any atom is 0.310 e. The van der Waals surface area contributed by atoms with Gasteiger partial charge in [-0.05, 0) is 35.9 Å². The highest BCUT2D eigenvalue weighted by atomic mass is 16.4. The van der Waals surface area contributed by atoms with Crippen molar-refractivity contribution in [2.45, 2.75) is 52.5 Å². The molecule has 1 atom stereocenters. The smallest absolute Gasteiger partial charge is 0.310 e. The van der Waals surface area contributed by atoms with E-state index in [2.05, 4.69) is 49.9 Å². The van der Waals surface area contributed by atoms with Gasteiger partial charge in [-0.3, -0.25) is 9.69 Å². The van der Waals surface area contributed by atoms with Crippen molar-refractivity contribution in [1.82, 2.24) is 4.90 Å². The third-order valence-electron chi connectivity index (χ3n) is 4.79. The monoisotopic (exact) mass is 289 g/mol. The first kappa shape index (κ1) is 16.0. The van der Waals surface area contributed by atoms with E-state index in [9.17, 15) is 9.90 Å². The number of carbonyl (C=O) groups is 1. The third-order valence-corrected chi connectivity index (χ3v) is 4.79. The standard InChI is InChI=1S/C18H27NO2/c1-5-18(16(20)21)10-11-19(13-18)12-14-6-8-15(9-7-14)17(2,3)4/h6-9H,5,10-13H2,1-4H3,(H,20,21). The zero-order valence-electron chi connectivity index (χ0n) is 13.6. The Morgan fingerprint density at radius 3 is 2.33 bits per heavy atom. The van der Waals surface area contributed by atoms with Gasteiger partial charge in [-0.1, -0.05) is 52.0 Å². The molecule has 0 aromatic heterocycles. The highest BCUT2D eigenvalue weighted by Crippen LogP contribution is 2.35. The van der Waals surface area contributed by atoms with E-state index in [0.29, 0.717) is 13.0 Å². The minimum Gasteiger partial charge on any atom is -0.481 e. The highest BCUT2D eigenvalue weighted by molar-refractivity contribution is 5.75. The number of carboxylic acid groups (broad SMARTS) is 1. The Hall–Kier alpha value is -1.35. The topological polar surface area (TPSA) is 40.5 Å². The molecule has 0 saturated carbocycles. The van der Waals surface area contributed by atoms with Gasteiger partial charge in [0.2, 0.25) is 0 Å². The molecule has 0 amide bonds. The molecule has 1 unspecified atom stereocenters. The molecule has 1 aromatic carbocycles. The number of rotatable bonds is 4. The summed E-state index contributed by atoms with van der Waals surface area (Å²) < 4.78 is 0. The van der Waals surface area contributed by atoms with E-state index in [0.717, 1.165) is 19.5 Å². The first-order valence-electron chi connectivity index (χ1n) is 7.82. The molecule has 3 heteroatoms. The van der Waals surface area contributed by atoms with Crippen LogP contribution in [0.2, 0.25) is 0 Å². The summed E-state index contributed by atoms with van der Waals surface area (Å²) in [6, 6.07) is 8.73. The fourth-order valence-electron chi connectivity index (χ4n) is 3.08. The predicted molar refractivity (Wildman–Crippen MR) is 85.4 cm³/mol. The average molecular weight is 289 g/mol. The zero-order valence-corrected chi connectivity index (χ0v) is 13.6. The Kier molecular flexibility index (Phi) is 4.43. The van der Waals surface area contributed by atoms with Crippen molar-refractivity contribution in [3.8, 4) is 0 Å². The number of aliphatic carboxylic acids is 1. The maximum atomic E-state index is 11.5. The van der Waals surface area contributed by atoms with Gasteiger partial charge < -0.3 is 5.11 Å². The Morgan fingerprint density at radius 2 is 1.90 bits per heavy atom. The molecule has 0 spiro atoms. The molecule has 0 aliphatic carbocycles. The van der Waals surface area contributed by atoms with Gasteiger partial charge in [0.05, 0.1) is 5.41 Å². The molecular weight excluding hydrogens is 262 g/mol. The summed E-state index contributed by atoms with van der Waals surface area (Å²) in [5.41, 5.74) is 2.24. The maximum absolute atomic E-state index is 11.5. The Labute approximate surface area is 128 Å². The fourth-order valence-corrected chi connectivity index (χ4v) is 3.08. The van der Waals surface area contributed by atoms with Crippen LogP contribution in [-0.4, -0.2) is 29.1 Å². The van der Waals surface area contributed by atoms with Gasteiger partial charge in [-0.15, -0.1) is 0 Å². The summed E-state index contributed by atoms with van der Waals surface area (Å²) in [7, 11) is 0. The van der Waals surface area contributed by atoms with Gasteiger partial charge in [0.1, 0.15) is 0 Å². The molecule has 21 heavy (non-hydrogen) atoms. The SMILES string of the molecule is CCC1(C(=O)O)CCN(Cc2ccc(C(C)(C)C)cc2)C1. The van der Waals surface area contributed by atoms with Gasteiger partial charge >= 0.3 is 5.97 Å². The number of nitrogens with zero attached hydrogens (tertiary/aromatic N) is 1. The number of likely N-dealkylation sites (tertiary alicyclic amines) is 1. The van der Waals surface area contributed by atoms with Gasteiger partial charge in [0.25, 0.3) is 0 Å². The summed E-state index contributed by atoms with van der Waals surface area (Å²) in [4.78, 5) is 13.7. The van der Waals surface area contributed by atoms with E-state index < -0.39 is 11.4 Å². The molecule has 1 aliphatic heterocycles. The van der Waals surface area contributed by atoms with Crippen molar-refractivity contribution in [3.05, 3.63) is 35.4 Å². The van der Waals surface area contributed by atoms with Crippen molar-refractivity contribution in [2.75, 3.05) is 13.1 Å². The highest BCUT2D eigenvalue weighted by Gasteiger charge is 2.42. The van der Waals surface area contributed by atoms with Crippen LogP contribution >= 0.6 is 0 Å². The van der Waals surface area contributed by atoms with Gasteiger partial charge in [0, 0.05) is 13.1 Å². The third kappa shape index (κ3) is 3.46. The number of benzene rings is 1. The molecule has 1 saturated heterocycles. The molecule has 116 valence electrons. The number of hydrogen-bond acceptors (Lipinski definition) is 2. The van der Waals surface area contributed by atoms with Crippen LogP contribution in [0, 0.1) is 5.41 Å². The predicted octanol–water partition coefficient (Wildman–Crippen LogP) is 3.67. The number of hydrogen-bond donors (Lipinski definition) is 1. The van der Waals surface area contributed by atoms with Crippen molar-refractivity contribution < 1.29 is 9.90 Å². The zero-order chi connectivity index (χ0) is 15.7. The largest absolute Gasteiger partial charge is 0.481 e. The van der Waals surface area contributed by atoms with Crippen molar-refractivity contribution in [2.24, 2.45) is 5.41 Å². The lowest BCUT2D eigenvalue weighted by molar-refractivity contribution is -0.148. The summed E-state index contributed by atoms with van der Waals surface area (Å²) in [5, 5.41) is 9.45. The van der Waals surface area contributed by atoms with Crippen LogP contribution in [0.4, 0.5) is 0 Å². The number of carboxylic acids is 1. The molecule has 0 radical (unpaired) electrons. The Balaban J connectivity index is 2.02. The molecule has 1 aromatic rings. The quantitative estimate of drug-likeness (QED) is 0.919. The molecule has 1 N–H and O–H groups in total. The Bertz CT molecular complexity index is 501. The average Bonchev–Trinajstić information content (AvgIpc) is 2.83. The van der Waals surface area contributed by atoms with Gasteiger partial charge in [-0.25, -0.2) is 0 Å². The fraction of sp³-hybridized carbons (Fsp3) is 0.611. The Morgan fingerprint density at radius 1 is 1.29 bits per heavy atom. The minimum atomic E-state index is -0.643. The molecule has 2 rings (SSSR count). The van der Waals surface area contributed by atoms with Crippen LogP contribution in [0.15, 0.2) is 24.3 Å². The first-order valence-corrected chi connectivity index (χ1v) is 7.82. The molecule has 0 bridgehead atoms. The van der Waals surface area contributed by atoms with E-state index in [-0.39, 0.29) is 5.41 Å². The van der Waals surface area contributed by atoms with Crippen LogP contribution in [0.5, 0.6) is 0 Å². The van der Waals surface area contributed by atoms with Crippen LogP contribution < -0.4 is 0 Å². The lowest BCUT2D eigenvalue weighted by atomic mass is 9.84. The lowest BCUT2D eigenvalue weighted by Crippen LogP contribution is -2.33. The van der Waals surface area contributed by atoms with Crippen LogP contribution in [-0.2, 0) is 16.8 Å². The molecule has 1 heterocycles. The van der Waals surface area contributed by atoms with E-state index in [4.69, 9.17) is 0 Å². The van der Waals surface area contributed by atoms with E-state index in [1.54, 1.807) is 0 Å². The molecule has 3 nitrogen and oxygen atoms in total. The van der Waals surface area contributed by atoms with Crippen molar-refractivity contribution >= 4 is 5.97 Å². The summed E-state index contributed by atoms with van der Waals surface area (Å²) in [5.74, 6) is -0.643. The van der Waals surface area contributed by atoms with Gasteiger partial charge in [-0.2, -0.15) is 0 Å². The van der Waals surface area contributed by atoms with Crippen LogP contribution in [0.3, 0.4) is 0 Å². The first-order chi connectivity index (χ1) is 9.77. The second-order valence-electron chi connectivity index (χ2n) is 7.35. The van der Waals surface area contributed by atoms with E-state index in [1.165, 1.54) is 11.1 Å². The molecule has 1 fully saturated rings. The summed E-state index contributed by atoms with van der Waals surface area (Å²) >= 11 is 0. The molecular formula is C18H27NO2. The van der Waals surface area contributed by atoms with Crippen LogP contribution in [0.1, 0.15) is 51.7 Å². The normalized spacial score (nSPS) is 23.4. The minimum absolute atomic E-state index is 0.173. The molecule has 1 aliphatic rings. The summed E-state index contributed by atoms with van der Waals surface area (Å²) in [6.45, 7) is 11.0. The lowest BCUT2D eigenvalue weighted by Gasteiger charge is -2.23. The van der Waals surface area contributed by atoms with E-state index in [1.807, 2.05) is 6.92 Å². The summed E-state index contributed by atoms with van der Waals surface area (Å²) in [6.07, 6.45) is 1.47. The van der Waals surface area contributed by atoms with Crippen molar-refractivity contribution in [3.63, 3.8) is 0 Å².